The smallest absolute Gasteiger partial charge is 0.307 e. The molecule has 0 radical (unpaired) electrons. The molecule has 8 heteroatoms. The van der Waals surface area contributed by atoms with Crippen LogP contribution in [-0.2, 0) is 35.6 Å². The highest BCUT2D eigenvalue weighted by atomic mass is 32.2. The molecule has 1 aromatic carbocycles. The summed E-state index contributed by atoms with van der Waals surface area (Å²) in [5.74, 6) is 0. The second-order valence-electron chi connectivity index (χ2n) is 7.13. The van der Waals surface area contributed by atoms with Gasteiger partial charge in [0.05, 0.1) is 4.90 Å². The van der Waals surface area contributed by atoms with E-state index < -0.39 is 15.9 Å². The molecule has 0 fully saturated rings. The van der Waals surface area contributed by atoms with Crippen molar-refractivity contribution >= 4 is 21.6 Å². The number of hydrogen-bond donors (Lipinski definition) is 2. The summed E-state index contributed by atoms with van der Waals surface area (Å²) >= 11 is 0. The average molecular weight is 395 g/mol. The number of rotatable bonds is 3. The minimum absolute atomic E-state index is 0.202. The fourth-order valence-corrected chi connectivity index (χ4v) is 5.15. The van der Waals surface area contributed by atoms with Crippen molar-refractivity contribution in [1.82, 2.24) is 9.71 Å². The number of amides is 2. The van der Waals surface area contributed by atoms with Crippen LogP contribution in [0.5, 0.6) is 0 Å². The van der Waals surface area contributed by atoms with Crippen LogP contribution in [0.2, 0.25) is 0 Å². The van der Waals surface area contributed by atoms with Crippen molar-refractivity contribution in [2.24, 2.45) is 4.47 Å². The van der Waals surface area contributed by atoms with Crippen LogP contribution < -0.4 is 10.0 Å². The number of nitrogens with one attached hydrogen (secondary N) is 2. The second-order valence-corrected chi connectivity index (χ2v) is 9.02. The molecule has 2 aliphatic rings. The summed E-state index contributed by atoms with van der Waals surface area (Å²) in [5, 5.41) is 2.93. The number of urea groups is 1. The minimum atomic E-state index is -3.44. The Hall–Kier alpha value is -2.92. The summed E-state index contributed by atoms with van der Waals surface area (Å²) < 4.78 is 19.1. The molecule has 28 heavy (non-hydrogen) atoms. The number of carbonyl (C=O) groups is 1. The Bertz CT molecular complexity index is 1080. The van der Waals surface area contributed by atoms with Crippen molar-refractivity contribution in [1.29, 1.82) is 0 Å². The number of nitrogens with zero attached hydrogens (tertiary/aromatic N) is 3. The Morgan fingerprint density at radius 2 is 1.86 bits per heavy atom. The number of aryl methyl sites for hydroxylation is 3. The summed E-state index contributed by atoms with van der Waals surface area (Å²) in [5.41, 5.74) is 6.55. The van der Waals surface area contributed by atoms with Crippen molar-refractivity contribution in [2.45, 2.75) is 50.3 Å². The van der Waals surface area contributed by atoms with E-state index in [1.165, 1.54) is 28.5 Å². The van der Waals surface area contributed by atoms with E-state index in [9.17, 15) is 9.00 Å². The molecular weight excluding hydrogens is 374 g/mol. The quantitative estimate of drug-likeness (QED) is 0.613. The first-order valence-electron chi connectivity index (χ1n) is 9.31. The zero-order valence-electron chi connectivity index (χ0n) is 15.6. The second kappa shape index (κ2) is 7.24. The third-order valence-electron chi connectivity index (χ3n) is 5.30. The fourth-order valence-electron chi connectivity index (χ4n) is 4.03. The molecule has 1 heterocycles. The van der Waals surface area contributed by atoms with Crippen molar-refractivity contribution < 1.29 is 9.00 Å². The van der Waals surface area contributed by atoms with E-state index >= 15 is 0 Å². The van der Waals surface area contributed by atoms with Crippen molar-refractivity contribution in [3.8, 4) is 0 Å². The van der Waals surface area contributed by atoms with Gasteiger partial charge in [-0.3, -0.25) is 4.98 Å². The van der Waals surface area contributed by atoms with Crippen LogP contribution in [0.4, 0.5) is 10.5 Å². The molecular formula is C20H21N5O2S. The van der Waals surface area contributed by atoms with Crippen LogP contribution in [-0.4, -0.2) is 15.2 Å². The number of aromatic nitrogens is 1. The number of anilines is 1. The number of benzene rings is 1. The lowest BCUT2D eigenvalue weighted by atomic mass is 9.99. The lowest BCUT2D eigenvalue weighted by Gasteiger charge is -2.17. The summed E-state index contributed by atoms with van der Waals surface area (Å²) in [7, 11) is -3.44. The first-order valence-corrected chi connectivity index (χ1v) is 10.8. The zero-order valence-corrected chi connectivity index (χ0v) is 16.4. The van der Waals surface area contributed by atoms with Crippen LogP contribution in [0.1, 0.15) is 40.8 Å². The van der Waals surface area contributed by atoms with Gasteiger partial charge in [-0.2, -0.15) is 6.57 Å². The molecule has 4 rings (SSSR count). The number of fused-ring (bicyclic) bond motifs is 2. The normalized spacial score (nSPS) is 16.4. The SMILES string of the molecule is [C-]#[N+]N=S(=O)(NC(=O)Nc1c2c(cc3c1CCC3)CCC2)c1ccc(C)nc1. The van der Waals surface area contributed by atoms with Crippen molar-refractivity contribution in [3.63, 3.8) is 0 Å². The molecule has 0 bridgehead atoms. The lowest BCUT2D eigenvalue weighted by Crippen LogP contribution is -2.34. The third-order valence-corrected chi connectivity index (χ3v) is 6.96. The van der Waals surface area contributed by atoms with Gasteiger partial charge >= 0.3 is 6.03 Å². The molecule has 7 nitrogen and oxygen atoms in total. The van der Waals surface area contributed by atoms with Crippen LogP contribution >= 0.6 is 0 Å². The topological polar surface area (TPSA) is 87.8 Å². The van der Waals surface area contributed by atoms with E-state index in [4.69, 9.17) is 6.57 Å². The van der Waals surface area contributed by atoms with Crippen LogP contribution in [0, 0.1) is 13.5 Å². The Labute approximate surface area is 164 Å². The van der Waals surface area contributed by atoms with Crippen LogP contribution in [0.3, 0.4) is 0 Å². The van der Waals surface area contributed by atoms with Gasteiger partial charge < -0.3 is 5.32 Å². The molecule has 0 aliphatic heterocycles. The van der Waals surface area contributed by atoms with Gasteiger partial charge in [-0.05, 0) is 79.8 Å². The first-order chi connectivity index (χ1) is 13.5. The third kappa shape index (κ3) is 3.34. The highest BCUT2D eigenvalue weighted by molar-refractivity contribution is 7.92. The van der Waals surface area contributed by atoms with Crippen molar-refractivity contribution in [3.05, 3.63) is 63.9 Å². The molecule has 1 aromatic heterocycles. The Kier molecular flexibility index (Phi) is 4.77. The Morgan fingerprint density at radius 3 is 2.43 bits per heavy atom. The van der Waals surface area contributed by atoms with E-state index in [1.807, 2.05) is 0 Å². The average Bonchev–Trinajstić information content (AvgIpc) is 3.31. The van der Waals surface area contributed by atoms with E-state index in [1.54, 1.807) is 19.1 Å². The molecule has 2 aromatic rings. The molecule has 144 valence electrons. The van der Waals surface area contributed by atoms with Gasteiger partial charge in [-0.25, -0.2) is 13.7 Å². The minimum Gasteiger partial charge on any atom is -0.307 e. The number of pyridine rings is 1. The van der Waals surface area contributed by atoms with Crippen LogP contribution in [0.15, 0.2) is 33.8 Å². The van der Waals surface area contributed by atoms with Gasteiger partial charge in [-0.15, -0.1) is 4.95 Å². The Morgan fingerprint density at radius 1 is 1.18 bits per heavy atom. The predicted molar refractivity (Wildman–Crippen MR) is 107 cm³/mol. The van der Waals surface area contributed by atoms with Gasteiger partial charge in [-0.1, -0.05) is 6.07 Å². The molecule has 0 saturated heterocycles. The largest absolute Gasteiger partial charge is 0.332 e. The molecule has 0 spiro atoms. The predicted octanol–water partition coefficient (Wildman–Crippen LogP) is 3.77. The van der Waals surface area contributed by atoms with E-state index in [2.05, 4.69) is 30.5 Å². The standard InChI is InChI=1S/C20H21N5O2S/c1-13-9-10-16(12-22-13)28(27,25-21-2)24-20(26)23-19-17-7-3-5-14(17)11-15-6-4-8-18(15)19/h9-12H,3-8H2,1H3,(H2,23,24,25,26,27). The first kappa shape index (κ1) is 18.4. The van der Waals surface area contributed by atoms with E-state index in [0.29, 0.717) is 0 Å². The maximum Gasteiger partial charge on any atom is 0.332 e. The van der Waals surface area contributed by atoms with E-state index in [-0.39, 0.29) is 4.90 Å². The highest BCUT2D eigenvalue weighted by Gasteiger charge is 2.26. The zero-order chi connectivity index (χ0) is 19.7. The molecule has 2 amide bonds. The summed E-state index contributed by atoms with van der Waals surface area (Å²) in [6, 6.07) is 4.90. The Balaban J connectivity index is 1.65. The van der Waals surface area contributed by atoms with Crippen molar-refractivity contribution in [2.75, 3.05) is 5.32 Å². The summed E-state index contributed by atoms with van der Waals surface area (Å²) in [6.07, 6.45) is 7.45. The summed E-state index contributed by atoms with van der Waals surface area (Å²) in [4.78, 5) is 20.0. The molecule has 0 saturated carbocycles. The lowest BCUT2D eigenvalue weighted by molar-refractivity contribution is 0.256. The van der Waals surface area contributed by atoms with Gasteiger partial charge in [0.25, 0.3) is 0 Å². The summed E-state index contributed by atoms with van der Waals surface area (Å²) in [6.45, 7) is 8.80. The van der Waals surface area contributed by atoms with Gasteiger partial charge in [0, 0.05) is 17.6 Å². The number of carbonyl (C=O) groups excluding carboxylic acids is 1. The monoisotopic (exact) mass is 395 g/mol. The fraction of sp³-hybridized carbons (Fsp3) is 0.350. The van der Waals surface area contributed by atoms with Gasteiger partial charge in [0.15, 0.2) is 4.47 Å². The number of hydrogen-bond acceptors (Lipinski definition) is 4. The molecule has 1 unspecified atom stereocenters. The maximum absolute atomic E-state index is 13.2. The molecule has 1 atom stereocenters. The molecule has 2 N–H and O–H groups in total. The van der Waals surface area contributed by atoms with E-state index in [0.717, 1.165) is 49.9 Å². The van der Waals surface area contributed by atoms with Crippen LogP contribution in [0.25, 0.3) is 4.95 Å². The molecule has 2 aliphatic carbocycles. The van der Waals surface area contributed by atoms with Gasteiger partial charge in [0.2, 0.25) is 9.92 Å². The van der Waals surface area contributed by atoms with Gasteiger partial charge in [0.1, 0.15) is 0 Å². The highest BCUT2D eigenvalue weighted by Crippen LogP contribution is 2.38. The maximum atomic E-state index is 13.2.